The van der Waals surface area contributed by atoms with E-state index in [1.807, 2.05) is 19.1 Å². The topological polar surface area (TPSA) is 122 Å². The molecule has 8 nitrogen and oxygen atoms in total. The molecule has 2 aromatic rings. The van der Waals surface area contributed by atoms with E-state index in [-0.39, 0.29) is 36.4 Å². The van der Waals surface area contributed by atoms with Crippen molar-refractivity contribution in [1.29, 1.82) is 0 Å². The SMILES string of the molecule is CN=C(NCc1ccc(C(=O)NCC(N)=O)cc1)NCc1nc(C)c(C)s1.I. The fourth-order valence-electron chi connectivity index (χ4n) is 2.22. The maximum Gasteiger partial charge on any atom is 0.251 e. The molecule has 0 fully saturated rings. The number of amides is 2. The molecule has 0 spiro atoms. The molecule has 1 aromatic heterocycles. The molecule has 0 saturated heterocycles. The quantitative estimate of drug-likeness (QED) is 0.252. The van der Waals surface area contributed by atoms with Crippen LogP contribution in [0.25, 0.3) is 0 Å². The number of thiazole rings is 1. The van der Waals surface area contributed by atoms with Crippen LogP contribution in [0.3, 0.4) is 0 Å². The molecule has 0 saturated carbocycles. The normalized spacial score (nSPS) is 10.8. The molecule has 10 heteroatoms. The monoisotopic (exact) mass is 516 g/mol. The molecule has 0 aliphatic carbocycles. The number of aryl methyl sites for hydroxylation is 2. The number of hydrogen-bond acceptors (Lipinski definition) is 5. The molecule has 0 aliphatic heterocycles. The predicted octanol–water partition coefficient (Wildman–Crippen LogP) is 1.46. The second-order valence-corrected chi connectivity index (χ2v) is 7.16. The first-order valence-corrected chi connectivity index (χ1v) is 9.23. The van der Waals surface area contributed by atoms with E-state index in [0.29, 0.717) is 24.6 Å². The maximum absolute atomic E-state index is 11.8. The Morgan fingerprint density at radius 2 is 1.75 bits per heavy atom. The minimum Gasteiger partial charge on any atom is -0.368 e. The van der Waals surface area contributed by atoms with Gasteiger partial charge in [-0.15, -0.1) is 35.3 Å². The summed E-state index contributed by atoms with van der Waals surface area (Å²) in [7, 11) is 1.71. The van der Waals surface area contributed by atoms with E-state index in [1.54, 1.807) is 30.5 Å². The van der Waals surface area contributed by atoms with Gasteiger partial charge in [0.1, 0.15) is 5.01 Å². The second-order valence-electron chi connectivity index (χ2n) is 5.87. The molecule has 28 heavy (non-hydrogen) atoms. The van der Waals surface area contributed by atoms with Crippen LogP contribution >= 0.6 is 35.3 Å². The Labute approximate surface area is 185 Å². The summed E-state index contributed by atoms with van der Waals surface area (Å²) in [5.74, 6) is -0.241. The summed E-state index contributed by atoms with van der Waals surface area (Å²) in [6.07, 6.45) is 0. The van der Waals surface area contributed by atoms with E-state index >= 15 is 0 Å². The Kier molecular flexibility index (Phi) is 9.87. The van der Waals surface area contributed by atoms with Crippen molar-refractivity contribution < 1.29 is 9.59 Å². The minimum absolute atomic E-state index is 0. The van der Waals surface area contributed by atoms with Gasteiger partial charge in [-0.2, -0.15) is 0 Å². The lowest BCUT2D eigenvalue weighted by Crippen LogP contribution is -2.36. The van der Waals surface area contributed by atoms with E-state index in [4.69, 9.17) is 5.73 Å². The number of nitrogens with one attached hydrogen (secondary N) is 3. The fourth-order valence-corrected chi connectivity index (χ4v) is 3.10. The molecule has 0 unspecified atom stereocenters. The number of nitrogens with zero attached hydrogens (tertiary/aromatic N) is 2. The van der Waals surface area contributed by atoms with Gasteiger partial charge in [0, 0.05) is 24.0 Å². The van der Waals surface area contributed by atoms with Crippen LogP contribution in [-0.4, -0.2) is 36.4 Å². The number of benzene rings is 1. The summed E-state index contributed by atoms with van der Waals surface area (Å²) in [5, 5.41) is 9.92. The number of nitrogens with two attached hydrogens (primary N) is 1. The largest absolute Gasteiger partial charge is 0.368 e. The summed E-state index contributed by atoms with van der Waals surface area (Å²) in [6, 6.07) is 7.08. The van der Waals surface area contributed by atoms with Crippen LogP contribution in [0.2, 0.25) is 0 Å². The van der Waals surface area contributed by atoms with E-state index in [0.717, 1.165) is 16.3 Å². The number of carbonyl (C=O) groups is 2. The highest BCUT2D eigenvalue weighted by molar-refractivity contribution is 14.0. The van der Waals surface area contributed by atoms with Gasteiger partial charge in [-0.25, -0.2) is 4.98 Å². The zero-order valence-electron chi connectivity index (χ0n) is 16.0. The Balaban J connectivity index is 0.00000392. The third kappa shape index (κ3) is 7.43. The van der Waals surface area contributed by atoms with Crippen LogP contribution in [0.5, 0.6) is 0 Å². The third-order valence-electron chi connectivity index (χ3n) is 3.80. The van der Waals surface area contributed by atoms with Crippen molar-refractivity contribution in [2.24, 2.45) is 10.7 Å². The van der Waals surface area contributed by atoms with Crippen LogP contribution in [0.15, 0.2) is 29.3 Å². The maximum atomic E-state index is 11.8. The highest BCUT2D eigenvalue weighted by Gasteiger charge is 2.07. The van der Waals surface area contributed by atoms with Crippen molar-refractivity contribution >= 4 is 53.1 Å². The lowest BCUT2D eigenvalue weighted by atomic mass is 10.1. The van der Waals surface area contributed by atoms with Crippen molar-refractivity contribution in [2.75, 3.05) is 13.6 Å². The van der Waals surface area contributed by atoms with Crippen molar-refractivity contribution in [3.8, 4) is 0 Å². The van der Waals surface area contributed by atoms with E-state index in [1.165, 1.54) is 4.88 Å². The smallest absolute Gasteiger partial charge is 0.251 e. The van der Waals surface area contributed by atoms with Gasteiger partial charge in [0.2, 0.25) is 5.91 Å². The second kappa shape index (κ2) is 11.6. The van der Waals surface area contributed by atoms with Gasteiger partial charge in [-0.05, 0) is 31.5 Å². The van der Waals surface area contributed by atoms with Crippen molar-refractivity contribution in [1.82, 2.24) is 20.9 Å². The van der Waals surface area contributed by atoms with E-state index in [9.17, 15) is 9.59 Å². The lowest BCUT2D eigenvalue weighted by molar-refractivity contribution is -0.117. The number of carbonyl (C=O) groups excluding carboxylic acids is 2. The first kappa shape index (κ1) is 23.8. The van der Waals surface area contributed by atoms with Gasteiger partial charge >= 0.3 is 0 Å². The lowest BCUT2D eigenvalue weighted by Gasteiger charge is -2.11. The van der Waals surface area contributed by atoms with Gasteiger partial charge in [0.15, 0.2) is 5.96 Å². The molecule has 152 valence electrons. The van der Waals surface area contributed by atoms with Gasteiger partial charge in [-0.3, -0.25) is 14.6 Å². The first-order chi connectivity index (χ1) is 12.9. The standard InChI is InChI=1S/C18H24N6O2S.HI/c1-11-12(2)27-16(24-11)10-23-18(20-3)22-8-13-4-6-14(7-5-13)17(26)21-9-15(19)25;/h4-7H,8-10H2,1-3H3,(H2,19,25)(H,21,26)(H2,20,22,23);1H. The number of halogens is 1. The molecular formula is C18H25IN6O2S. The van der Waals surface area contributed by atoms with Crippen molar-refractivity contribution in [3.05, 3.63) is 51.0 Å². The van der Waals surface area contributed by atoms with Crippen molar-refractivity contribution in [2.45, 2.75) is 26.9 Å². The zero-order valence-corrected chi connectivity index (χ0v) is 19.2. The number of rotatable bonds is 7. The molecule has 0 bridgehead atoms. The fraction of sp³-hybridized carbons (Fsp3) is 0.333. The highest BCUT2D eigenvalue weighted by Crippen LogP contribution is 2.15. The molecule has 0 aliphatic rings. The van der Waals surface area contributed by atoms with Crippen LogP contribution in [0.4, 0.5) is 0 Å². The Hall–Kier alpha value is -2.21. The molecule has 1 heterocycles. The van der Waals surface area contributed by atoms with E-state index in [2.05, 4.69) is 32.9 Å². The van der Waals surface area contributed by atoms with Gasteiger partial charge in [0.05, 0.1) is 18.8 Å². The summed E-state index contributed by atoms with van der Waals surface area (Å²) < 4.78 is 0. The summed E-state index contributed by atoms with van der Waals surface area (Å²) >= 11 is 1.67. The Bertz CT molecular complexity index is 816. The van der Waals surface area contributed by atoms with Gasteiger partial charge in [-0.1, -0.05) is 12.1 Å². The average Bonchev–Trinajstić information content (AvgIpc) is 2.98. The number of aliphatic imine (C=N–C) groups is 1. The van der Waals surface area contributed by atoms with E-state index < -0.39 is 5.91 Å². The minimum atomic E-state index is -0.578. The van der Waals surface area contributed by atoms with Crippen LogP contribution in [0.1, 0.15) is 31.5 Å². The summed E-state index contributed by atoms with van der Waals surface area (Å²) in [5.41, 5.74) is 7.53. The van der Waals surface area contributed by atoms with Gasteiger partial charge < -0.3 is 21.7 Å². The van der Waals surface area contributed by atoms with Gasteiger partial charge in [0.25, 0.3) is 5.91 Å². The predicted molar refractivity (Wildman–Crippen MR) is 122 cm³/mol. The zero-order chi connectivity index (χ0) is 19.8. The molecule has 0 radical (unpaired) electrons. The highest BCUT2D eigenvalue weighted by atomic mass is 127. The Morgan fingerprint density at radius 3 is 2.29 bits per heavy atom. The molecular weight excluding hydrogens is 491 g/mol. The molecule has 2 amide bonds. The first-order valence-electron chi connectivity index (χ1n) is 8.42. The molecule has 1 aromatic carbocycles. The summed E-state index contributed by atoms with van der Waals surface area (Å²) in [6.45, 7) is 5.04. The molecule has 5 N–H and O–H groups in total. The molecule has 0 atom stereocenters. The van der Waals surface area contributed by atoms with Crippen LogP contribution in [-0.2, 0) is 17.9 Å². The van der Waals surface area contributed by atoms with Crippen molar-refractivity contribution in [3.63, 3.8) is 0 Å². The van der Waals surface area contributed by atoms with Crippen LogP contribution < -0.4 is 21.7 Å². The molecule has 2 rings (SSSR count). The van der Waals surface area contributed by atoms with Crippen LogP contribution in [0, 0.1) is 13.8 Å². The number of hydrogen-bond donors (Lipinski definition) is 4. The number of aromatic nitrogens is 1. The Morgan fingerprint density at radius 1 is 1.11 bits per heavy atom. The third-order valence-corrected chi connectivity index (χ3v) is 4.88. The average molecular weight is 516 g/mol. The summed E-state index contributed by atoms with van der Waals surface area (Å²) in [4.78, 5) is 32.5. The number of primary amides is 1. The number of guanidine groups is 1.